The van der Waals surface area contributed by atoms with Gasteiger partial charge in [0.05, 0.1) is 10.4 Å². The normalized spacial score (nSPS) is 17.8. The lowest BCUT2D eigenvalue weighted by Gasteiger charge is -2.30. The number of amides is 1. The molecule has 0 heterocycles. The lowest BCUT2D eigenvalue weighted by Crippen LogP contribution is -2.45. The molecular weight excluding hydrogens is 280 g/mol. The predicted octanol–water partition coefficient (Wildman–Crippen LogP) is 3.87. The molecule has 0 radical (unpaired) electrons. The van der Waals surface area contributed by atoms with E-state index in [0.29, 0.717) is 4.99 Å². The number of hydrogen-bond donors (Lipinski definition) is 2. The summed E-state index contributed by atoms with van der Waals surface area (Å²) in [6, 6.07) is 5.95. The van der Waals surface area contributed by atoms with Crippen molar-refractivity contribution in [2.24, 2.45) is 11.1 Å². The van der Waals surface area contributed by atoms with E-state index in [9.17, 15) is 4.79 Å². The topological polar surface area (TPSA) is 55.1 Å². The number of rotatable bonds is 3. The van der Waals surface area contributed by atoms with Crippen molar-refractivity contribution < 1.29 is 4.79 Å². The Bertz CT molecular complexity index is 546. The fourth-order valence-electron chi connectivity index (χ4n) is 2.99. The number of carbonyl (C=O) groups excluding carboxylic acids is 1. The Balaban J connectivity index is 2.22. The molecule has 1 aliphatic carbocycles. The Morgan fingerprint density at radius 2 is 1.76 bits per heavy atom. The number of nitrogens with one attached hydrogen (secondary N) is 1. The summed E-state index contributed by atoms with van der Waals surface area (Å²) in [4.78, 5) is 13.1. The first-order valence-electron chi connectivity index (χ1n) is 7.64. The minimum atomic E-state index is -0.676. The number of hydrogen-bond acceptors (Lipinski definition) is 2. The van der Waals surface area contributed by atoms with Gasteiger partial charge in [-0.05, 0) is 49.9 Å². The van der Waals surface area contributed by atoms with Crippen LogP contribution in [0.4, 0.5) is 5.69 Å². The van der Waals surface area contributed by atoms with E-state index in [0.717, 1.165) is 49.8 Å². The average molecular weight is 304 g/mol. The molecule has 0 atom stereocenters. The molecule has 1 fully saturated rings. The van der Waals surface area contributed by atoms with Gasteiger partial charge in [-0.1, -0.05) is 44.0 Å². The first kappa shape index (κ1) is 16.0. The number of aryl methyl sites for hydroxylation is 2. The van der Waals surface area contributed by atoms with Crippen LogP contribution in [-0.4, -0.2) is 10.9 Å². The van der Waals surface area contributed by atoms with Gasteiger partial charge in [-0.15, -0.1) is 0 Å². The largest absolute Gasteiger partial charge is 0.392 e. The third-order valence-electron chi connectivity index (χ3n) is 4.63. The second-order valence-electron chi connectivity index (χ2n) is 6.11. The van der Waals surface area contributed by atoms with Gasteiger partial charge in [0.25, 0.3) is 0 Å². The van der Waals surface area contributed by atoms with E-state index in [1.165, 1.54) is 5.56 Å². The minimum absolute atomic E-state index is 0.0415. The molecule has 21 heavy (non-hydrogen) atoms. The van der Waals surface area contributed by atoms with Crippen molar-refractivity contribution in [2.75, 3.05) is 5.32 Å². The van der Waals surface area contributed by atoms with Crippen LogP contribution in [0.15, 0.2) is 18.2 Å². The van der Waals surface area contributed by atoms with Crippen LogP contribution in [0.25, 0.3) is 0 Å². The highest BCUT2D eigenvalue weighted by molar-refractivity contribution is 7.80. The standard InChI is InChI=1S/C17H24N2OS/c1-12-7-8-14(11-13(12)2)19-16(20)17(15(18)21)9-5-3-4-6-10-17/h7-8,11H,3-6,9-10H2,1-2H3,(H2,18,21)(H,19,20). The smallest absolute Gasteiger partial charge is 0.237 e. The van der Waals surface area contributed by atoms with Crippen molar-refractivity contribution in [3.8, 4) is 0 Å². The Morgan fingerprint density at radius 1 is 1.14 bits per heavy atom. The van der Waals surface area contributed by atoms with Crippen molar-refractivity contribution in [2.45, 2.75) is 52.4 Å². The lowest BCUT2D eigenvalue weighted by atomic mass is 9.79. The third kappa shape index (κ3) is 3.43. The summed E-state index contributed by atoms with van der Waals surface area (Å²) in [5.41, 5.74) is 8.48. The van der Waals surface area contributed by atoms with Crippen LogP contribution in [0.5, 0.6) is 0 Å². The third-order valence-corrected chi connectivity index (χ3v) is 5.02. The molecular formula is C17H24N2OS. The van der Waals surface area contributed by atoms with Crippen molar-refractivity contribution in [1.82, 2.24) is 0 Å². The quantitative estimate of drug-likeness (QED) is 0.658. The van der Waals surface area contributed by atoms with Crippen molar-refractivity contribution >= 4 is 28.8 Å². The molecule has 0 aliphatic heterocycles. The summed E-state index contributed by atoms with van der Waals surface area (Å²) in [5.74, 6) is -0.0415. The number of carbonyl (C=O) groups is 1. The van der Waals surface area contributed by atoms with E-state index in [1.54, 1.807) is 0 Å². The highest BCUT2D eigenvalue weighted by Crippen LogP contribution is 2.36. The Hall–Kier alpha value is -1.42. The molecule has 1 saturated carbocycles. The lowest BCUT2D eigenvalue weighted by molar-refractivity contribution is -0.122. The highest BCUT2D eigenvalue weighted by Gasteiger charge is 2.41. The van der Waals surface area contributed by atoms with Gasteiger partial charge in [-0.3, -0.25) is 4.79 Å². The van der Waals surface area contributed by atoms with Gasteiger partial charge in [-0.2, -0.15) is 0 Å². The maximum atomic E-state index is 12.8. The maximum Gasteiger partial charge on any atom is 0.237 e. The van der Waals surface area contributed by atoms with Crippen LogP contribution in [-0.2, 0) is 4.79 Å². The van der Waals surface area contributed by atoms with E-state index in [-0.39, 0.29) is 5.91 Å². The van der Waals surface area contributed by atoms with Crippen LogP contribution >= 0.6 is 12.2 Å². The summed E-state index contributed by atoms with van der Waals surface area (Å²) >= 11 is 5.24. The van der Waals surface area contributed by atoms with Gasteiger partial charge in [-0.25, -0.2) is 0 Å². The van der Waals surface area contributed by atoms with Gasteiger partial charge in [0.15, 0.2) is 0 Å². The molecule has 1 aliphatic rings. The number of benzene rings is 1. The van der Waals surface area contributed by atoms with Crippen molar-refractivity contribution in [3.05, 3.63) is 29.3 Å². The number of nitrogens with two attached hydrogens (primary N) is 1. The van der Waals surface area contributed by atoms with E-state index in [1.807, 2.05) is 25.1 Å². The molecule has 0 bridgehead atoms. The maximum absolute atomic E-state index is 12.8. The SMILES string of the molecule is Cc1ccc(NC(=O)C2(C(N)=S)CCCCCC2)cc1C. The molecule has 1 aromatic carbocycles. The summed E-state index contributed by atoms with van der Waals surface area (Å²) in [7, 11) is 0. The molecule has 3 N–H and O–H groups in total. The summed E-state index contributed by atoms with van der Waals surface area (Å²) in [5, 5.41) is 3.02. The molecule has 0 unspecified atom stereocenters. The Kier molecular flexibility index (Phi) is 4.99. The van der Waals surface area contributed by atoms with Crippen LogP contribution in [0.3, 0.4) is 0 Å². The van der Waals surface area contributed by atoms with E-state index < -0.39 is 5.41 Å². The minimum Gasteiger partial charge on any atom is -0.392 e. The first-order chi connectivity index (χ1) is 9.95. The van der Waals surface area contributed by atoms with Crippen LogP contribution in [0.2, 0.25) is 0 Å². The summed E-state index contributed by atoms with van der Waals surface area (Å²) in [6.07, 6.45) is 5.86. The van der Waals surface area contributed by atoms with E-state index in [2.05, 4.69) is 12.2 Å². The van der Waals surface area contributed by atoms with E-state index >= 15 is 0 Å². The van der Waals surface area contributed by atoms with E-state index in [4.69, 9.17) is 18.0 Å². The van der Waals surface area contributed by atoms with Crippen LogP contribution in [0.1, 0.15) is 49.7 Å². The number of thiocarbonyl (C=S) groups is 1. The zero-order valence-corrected chi connectivity index (χ0v) is 13.7. The monoisotopic (exact) mass is 304 g/mol. The molecule has 3 nitrogen and oxygen atoms in total. The molecule has 1 amide bonds. The van der Waals surface area contributed by atoms with Crippen molar-refractivity contribution in [3.63, 3.8) is 0 Å². The highest BCUT2D eigenvalue weighted by atomic mass is 32.1. The summed E-state index contributed by atoms with van der Waals surface area (Å²) < 4.78 is 0. The van der Waals surface area contributed by atoms with Gasteiger partial charge < -0.3 is 11.1 Å². The molecule has 0 aromatic heterocycles. The second-order valence-corrected chi connectivity index (χ2v) is 6.55. The van der Waals surface area contributed by atoms with Gasteiger partial charge in [0.2, 0.25) is 5.91 Å². The molecule has 114 valence electrons. The second kappa shape index (κ2) is 6.56. The predicted molar refractivity (Wildman–Crippen MR) is 91.5 cm³/mol. The average Bonchev–Trinajstić information content (AvgIpc) is 2.69. The van der Waals surface area contributed by atoms with Crippen LogP contribution in [0, 0.1) is 19.3 Å². The van der Waals surface area contributed by atoms with Gasteiger partial charge in [0.1, 0.15) is 0 Å². The Morgan fingerprint density at radius 3 is 2.29 bits per heavy atom. The molecule has 0 spiro atoms. The Labute approximate surface area is 132 Å². The van der Waals surface area contributed by atoms with Crippen molar-refractivity contribution in [1.29, 1.82) is 0 Å². The molecule has 0 saturated heterocycles. The molecule has 2 rings (SSSR count). The fraction of sp³-hybridized carbons (Fsp3) is 0.529. The zero-order valence-electron chi connectivity index (χ0n) is 12.9. The summed E-state index contributed by atoms with van der Waals surface area (Å²) in [6.45, 7) is 4.10. The molecule has 1 aromatic rings. The number of anilines is 1. The van der Waals surface area contributed by atoms with Gasteiger partial charge in [0, 0.05) is 5.69 Å². The van der Waals surface area contributed by atoms with Crippen LogP contribution < -0.4 is 11.1 Å². The first-order valence-corrected chi connectivity index (χ1v) is 8.05. The fourth-order valence-corrected chi connectivity index (χ4v) is 3.28. The zero-order chi connectivity index (χ0) is 15.5. The molecule has 4 heteroatoms. The van der Waals surface area contributed by atoms with Gasteiger partial charge >= 0.3 is 0 Å².